The zero-order valence-electron chi connectivity index (χ0n) is 9.72. The maximum atomic E-state index is 12.3. The number of benzene rings is 1. The van der Waals surface area contributed by atoms with Gasteiger partial charge >= 0.3 is 6.18 Å². The van der Waals surface area contributed by atoms with E-state index in [4.69, 9.17) is 5.73 Å². The molecule has 17 heavy (non-hydrogen) atoms. The molecule has 0 aliphatic rings. The molecule has 0 aliphatic carbocycles. The molecule has 1 unspecified atom stereocenters. The fraction of sp³-hybridized carbons (Fsp3) is 0.500. The molecular weight excluding hydrogens is 229 g/mol. The molecule has 0 radical (unpaired) electrons. The second kappa shape index (κ2) is 5.91. The Bertz CT molecular complexity index is 333. The van der Waals surface area contributed by atoms with Crippen LogP contribution in [-0.2, 0) is 6.18 Å². The quantitative estimate of drug-likeness (QED) is 0.837. The zero-order chi connectivity index (χ0) is 12.9. The molecule has 0 saturated heterocycles. The Morgan fingerprint density at radius 3 is 2.24 bits per heavy atom. The topological polar surface area (TPSA) is 38.0 Å². The van der Waals surface area contributed by atoms with E-state index in [1.807, 2.05) is 6.92 Å². The third kappa shape index (κ3) is 4.26. The highest BCUT2D eigenvalue weighted by Gasteiger charge is 2.29. The van der Waals surface area contributed by atoms with Gasteiger partial charge in [-0.2, -0.15) is 13.2 Å². The molecule has 0 amide bonds. The van der Waals surface area contributed by atoms with Crippen LogP contribution in [0.15, 0.2) is 24.3 Å². The summed E-state index contributed by atoms with van der Waals surface area (Å²) in [5, 5.41) is 3.12. The first-order valence-electron chi connectivity index (χ1n) is 5.61. The van der Waals surface area contributed by atoms with Gasteiger partial charge in [-0.05, 0) is 30.7 Å². The minimum Gasteiger partial charge on any atom is -0.381 e. The second-order valence-electron chi connectivity index (χ2n) is 3.94. The number of halogens is 3. The van der Waals surface area contributed by atoms with E-state index in [0.717, 1.165) is 25.0 Å². The monoisotopic (exact) mass is 246 g/mol. The molecule has 0 aliphatic heterocycles. The van der Waals surface area contributed by atoms with E-state index in [9.17, 15) is 13.2 Å². The lowest BCUT2D eigenvalue weighted by molar-refractivity contribution is -0.137. The summed E-state index contributed by atoms with van der Waals surface area (Å²) in [7, 11) is 0. The van der Waals surface area contributed by atoms with Crippen molar-refractivity contribution < 1.29 is 13.2 Å². The van der Waals surface area contributed by atoms with Crippen LogP contribution in [0.3, 0.4) is 0 Å². The molecule has 1 aromatic carbocycles. The lowest BCUT2D eigenvalue weighted by Crippen LogP contribution is -2.28. The molecule has 2 nitrogen and oxygen atoms in total. The van der Waals surface area contributed by atoms with Crippen molar-refractivity contribution in [1.82, 2.24) is 0 Å². The summed E-state index contributed by atoms with van der Waals surface area (Å²) >= 11 is 0. The van der Waals surface area contributed by atoms with Gasteiger partial charge in [0.1, 0.15) is 0 Å². The average molecular weight is 246 g/mol. The number of alkyl halides is 3. The molecule has 0 spiro atoms. The van der Waals surface area contributed by atoms with E-state index in [0.29, 0.717) is 12.2 Å². The predicted octanol–water partition coefficient (Wildman–Crippen LogP) is 3.24. The Labute approximate surface area is 99.0 Å². The van der Waals surface area contributed by atoms with E-state index in [2.05, 4.69) is 5.32 Å². The maximum absolute atomic E-state index is 12.3. The zero-order valence-corrected chi connectivity index (χ0v) is 9.72. The van der Waals surface area contributed by atoms with Gasteiger partial charge in [0.05, 0.1) is 5.56 Å². The van der Waals surface area contributed by atoms with Crippen molar-refractivity contribution in [1.29, 1.82) is 0 Å². The Balaban J connectivity index is 2.68. The lowest BCUT2D eigenvalue weighted by atomic mass is 10.1. The van der Waals surface area contributed by atoms with E-state index < -0.39 is 11.7 Å². The van der Waals surface area contributed by atoms with Crippen molar-refractivity contribution in [2.24, 2.45) is 5.73 Å². The van der Waals surface area contributed by atoms with Gasteiger partial charge in [0.2, 0.25) is 0 Å². The van der Waals surface area contributed by atoms with E-state index in [-0.39, 0.29) is 6.04 Å². The van der Waals surface area contributed by atoms with Gasteiger partial charge in [0, 0.05) is 18.3 Å². The van der Waals surface area contributed by atoms with Gasteiger partial charge in [-0.1, -0.05) is 13.3 Å². The first-order valence-corrected chi connectivity index (χ1v) is 5.61. The fourth-order valence-corrected chi connectivity index (χ4v) is 1.59. The average Bonchev–Trinajstić information content (AvgIpc) is 2.28. The number of rotatable bonds is 5. The second-order valence-corrected chi connectivity index (χ2v) is 3.94. The van der Waals surface area contributed by atoms with Crippen LogP contribution in [0.25, 0.3) is 0 Å². The van der Waals surface area contributed by atoms with Crippen LogP contribution < -0.4 is 11.1 Å². The van der Waals surface area contributed by atoms with Crippen LogP contribution in [-0.4, -0.2) is 12.6 Å². The van der Waals surface area contributed by atoms with Crippen molar-refractivity contribution >= 4 is 5.69 Å². The Kier molecular flexibility index (Phi) is 4.81. The molecule has 3 N–H and O–H groups in total. The Hall–Kier alpha value is -1.23. The first kappa shape index (κ1) is 13.8. The van der Waals surface area contributed by atoms with Crippen molar-refractivity contribution in [2.75, 3.05) is 11.9 Å². The third-order valence-corrected chi connectivity index (χ3v) is 2.50. The van der Waals surface area contributed by atoms with Gasteiger partial charge in [-0.25, -0.2) is 0 Å². The summed E-state index contributed by atoms with van der Waals surface area (Å²) in [6.07, 6.45) is -2.40. The molecule has 1 rings (SSSR count). The van der Waals surface area contributed by atoms with Gasteiger partial charge in [0.15, 0.2) is 0 Å². The van der Waals surface area contributed by atoms with Crippen LogP contribution in [0, 0.1) is 0 Å². The summed E-state index contributed by atoms with van der Waals surface area (Å²) in [5.41, 5.74) is 5.60. The van der Waals surface area contributed by atoms with Crippen LogP contribution in [0.1, 0.15) is 25.3 Å². The van der Waals surface area contributed by atoms with Crippen LogP contribution in [0.5, 0.6) is 0 Å². The Morgan fingerprint density at radius 2 is 1.82 bits per heavy atom. The number of hydrogen-bond acceptors (Lipinski definition) is 2. The molecule has 1 atom stereocenters. The highest BCUT2D eigenvalue weighted by molar-refractivity contribution is 5.46. The molecule has 0 heterocycles. The normalized spacial score (nSPS) is 13.5. The molecule has 0 aromatic heterocycles. The minimum atomic E-state index is -4.28. The highest BCUT2D eigenvalue weighted by atomic mass is 19.4. The summed E-state index contributed by atoms with van der Waals surface area (Å²) in [5.74, 6) is 0. The van der Waals surface area contributed by atoms with Gasteiger partial charge < -0.3 is 11.1 Å². The fourth-order valence-electron chi connectivity index (χ4n) is 1.59. The summed E-state index contributed by atoms with van der Waals surface area (Å²) in [4.78, 5) is 0. The maximum Gasteiger partial charge on any atom is 0.416 e. The first-order chi connectivity index (χ1) is 7.97. The Morgan fingerprint density at radius 1 is 1.24 bits per heavy atom. The molecule has 0 fully saturated rings. The van der Waals surface area contributed by atoms with Gasteiger partial charge in [-0.15, -0.1) is 0 Å². The summed E-state index contributed by atoms with van der Waals surface area (Å²) in [6, 6.07) is 5.11. The molecule has 0 bridgehead atoms. The molecule has 1 aromatic rings. The largest absolute Gasteiger partial charge is 0.416 e. The van der Waals surface area contributed by atoms with Crippen LogP contribution >= 0.6 is 0 Å². The van der Waals surface area contributed by atoms with Crippen LogP contribution in [0.2, 0.25) is 0 Å². The number of anilines is 1. The van der Waals surface area contributed by atoms with E-state index >= 15 is 0 Å². The predicted molar refractivity (Wildman–Crippen MR) is 62.8 cm³/mol. The molecule has 0 saturated carbocycles. The van der Waals surface area contributed by atoms with Crippen LogP contribution in [0.4, 0.5) is 18.9 Å². The van der Waals surface area contributed by atoms with Crippen molar-refractivity contribution in [3.8, 4) is 0 Å². The van der Waals surface area contributed by atoms with Gasteiger partial charge in [-0.3, -0.25) is 0 Å². The highest BCUT2D eigenvalue weighted by Crippen LogP contribution is 2.29. The number of hydrogen-bond donors (Lipinski definition) is 2. The number of nitrogens with one attached hydrogen (secondary N) is 1. The number of nitrogens with two attached hydrogens (primary N) is 1. The SMILES string of the molecule is CCCC(CN)Nc1ccc(C(F)(F)F)cc1. The molecular formula is C12H17F3N2. The van der Waals surface area contributed by atoms with Gasteiger partial charge in [0.25, 0.3) is 0 Å². The van der Waals surface area contributed by atoms with Crippen molar-refractivity contribution in [3.05, 3.63) is 29.8 Å². The molecule has 96 valence electrons. The van der Waals surface area contributed by atoms with E-state index in [1.165, 1.54) is 12.1 Å². The summed E-state index contributed by atoms with van der Waals surface area (Å²) < 4.78 is 37.0. The standard InChI is InChI=1S/C12H17F3N2/c1-2-3-11(8-16)17-10-6-4-9(5-7-10)12(13,14)15/h4-7,11,17H,2-3,8,16H2,1H3. The smallest absolute Gasteiger partial charge is 0.381 e. The van der Waals surface area contributed by atoms with E-state index in [1.54, 1.807) is 0 Å². The van der Waals surface area contributed by atoms with Crippen molar-refractivity contribution in [3.63, 3.8) is 0 Å². The third-order valence-electron chi connectivity index (χ3n) is 2.50. The van der Waals surface area contributed by atoms with Crippen molar-refractivity contribution in [2.45, 2.75) is 32.0 Å². The lowest BCUT2D eigenvalue weighted by Gasteiger charge is -2.17. The summed E-state index contributed by atoms with van der Waals surface area (Å²) in [6.45, 7) is 2.51. The molecule has 5 heteroatoms. The minimum absolute atomic E-state index is 0.108.